The lowest BCUT2D eigenvalue weighted by molar-refractivity contribution is 0.0939. The predicted octanol–water partition coefficient (Wildman–Crippen LogP) is 2.90. The van der Waals surface area contributed by atoms with Crippen molar-refractivity contribution in [2.75, 3.05) is 0 Å². The van der Waals surface area contributed by atoms with E-state index in [0.717, 1.165) is 10.4 Å². The number of carbonyl (C=O) groups is 1. The van der Waals surface area contributed by atoms with E-state index in [1.165, 1.54) is 0 Å². The molecule has 0 radical (unpaired) electrons. The SMILES string of the molecule is Cc1sccc1C(=O)C(C)C. The predicted molar refractivity (Wildman–Crippen MR) is 48.2 cm³/mol. The number of ketones is 1. The molecule has 0 saturated heterocycles. The second-order valence-corrected chi connectivity index (χ2v) is 4.03. The number of aryl methyl sites for hydroxylation is 1. The quantitative estimate of drug-likeness (QED) is 0.620. The lowest BCUT2D eigenvalue weighted by Gasteiger charge is -2.01. The maximum Gasteiger partial charge on any atom is 0.166 e. The first-order chi connectivity index (χ1) is 5.13. The van der Waals surface area contributed by atoms with E-state index in [1.807, 2.05) is 32.2 Å². The van der Waals surface area contributed by atoms with Gasteiger partial charge in [-0.25, -0.2) is 0 Å². The monoisotopic (exact) mass is 168 g/mol. The molecule has 1 rings (SSSR count). The first-order valence-corrected chi connectivity index (χ1v) is 4.59. The summed E-state index contributed by atoms with van der Waals surface area (Å²) in [7, 11) is 0. The van der Waals surface area contributed by atoms with Gasteiger partial charge in [0, 0.05) is 16.4 Å². The summed E-state index contributed by atoms with van der Waals surface area (Å²) in [4.78, 5) is 12.6. The minimum absolute atomic E-state index is 0.114. The van der Waals surface area contributed by atoms with Crippen LogP contribution in [0.15, 0.2) is 11.4 Å². The molecular weight excluding hydrogens is 156 g/mol. The largest absolute Gasteiger partial charge is 0.294 e. The molecule has 1 aromatic heterocycles. The van der Waals surface area contributed by atoms with Crippen molar-refractivity contribution in [3.8, 4) is 0 Å². The molecule has 0 aliphatic carbocycles. The van der Waals surface area contributed by atoms with Gasteiger partial charge in [-0.2, -0.15) is 0 Å². The summed E-state index contributed by atoms with van der Waals surface area (Å²) in [5.74, 6) is 0.368. The van der Waals surface area contributed by atoms with Crippen LogP contribution in [-0.2, 0) is 0 Å². The molecule has 11 heavy (non-hydrogen) atoms. The molecule has 0 atom stereocenters. The number of rotatable bonds is 2. The highest BCUT2D eigenvalue weighted by Crippen LogP contribution is 2.18. The summed E-state index contributed by atoms with van der Waals surface area (Å²) in [6.07, 6.45) is 0. The lowest BCUT2D eigenvalue weighted by atomic mass is 10.0. The van der Waals surface area contributed by atoms with Crippen LogP contribution in [0.3, 0.4) is 0 Å². The van der Waals surface area contributed by atoms with Gasteiger partial charge in [-0.1, -0.05) is 13.8 Å². The van der Waals surface area contributed by atoms with E-state index in [0.29, 0.717) is 0 Å². The second kappa shape index (κ2) is 3.18. The molecule has 0 aromatic carbocycles. The summed E-state index contributed by atoms with van der Waals surface area (Å²) in [6.45, 7) is 5.85. The molecule has 1 nitrogen and oxygen atoms in total. The van der Waals surface area contributed by atoms with Crippen molar-refractivity contribution in [2.24, 2.45) is 5.92 Å². The van der Waals surface area contributed by atoms with Crippen LogP contribution in [0.25, 0.3) is 0 Å². The first kappa shape index (κ1) is 8.47. The summed E-state index contributed by atoms with van der Waals surface area (Å²) >= 11 is 1.63. The minimum Gasteiger partial charge on any atom is -0.294 e. The standard InChI is InChI=1S/C9H12OS/c1-6(2)9(10)8-4-5-11-7(8)3/h4-6H,1-3H3. The van der Waals surface area contributed by atoms with Gasteiger partial charge in [-0.15, -0.1) is 11.3 Å². The van der Waals surface area contributed by atoms with Crippen molar-refractivity contribution in [3.63, 3.8) is 0 Å². The Morgan fingerprint density at radius 2 is 2.18 bits per heavy atom. The van der Waals surface area contributed by atoms with Crippen LogP contribution in [0.2, 0.25) is 0 Å². The van der Waals surface area contributed by atoms with Gasteiger partial charge in [-0.3, -0.25) is 4.79 Å². The Kier molecular flexibility index (Phi) is 2.45. The van der Waals surface area contributed by atoms with Gasteiger partial charge in [0.2, 0.25) is 0 Å². The van der Waals surface area contributed by atoms with Crippen molar-refractivity contribution in [1.82, 2.24) is 0 Å². The number of hydrogen-bond donors (Lipinski definition) is 0. The van der Waals surface area contributed by atoms with Gasteiger partial charge in [0.1, 0.15) is 0 Å². The highest BCUT2D eigenvalue weighted by atomic mass is 32.1. The van der Waals surface area contributed by atoms with Gasteiger partial charge in [0.05, 0.1) is 0 Å². The number of carbonyl (C=O) groups excluding carboxylic acids is 1. The van der Waals surface area contributed by atoms with Gasteiger partial charge in [0.15, 0.2) is 5.78 Å². The van der Waals surface area contributed by atoms with Crippen LogP contribution in [-0.4, -0.2) is 5.78 Å². The van der Waals surface area contributed by atoms with Crippen LogP contribution in [0.5, 0.6) is 0 Å². The molecule has 2 heteroatoms. The summed E-state index contributed by atoms with van der Waals surface area (Å²) in [5, 5.41) is 1.96. The van der Waals surface area contributed by atoms with Crippen LogP contribution in [0.4, 0.5) is 0 Å². The van der Waals surface area contributed by atoms with Gasteiger partial charge < -0.3 is 0 Å². The van der Waals surface area contributed by atoms with E-state index in [4.69, 9.17) is 0 Å². The molecule has 0 spiro atoms. The van der Waals surface area contributed by atoms with Crippen molar-refractivity contribution >= 4 is 17.1 Å². The third-order valence-corrected chi connectivity index (χ3v) is 2.49. The highest BCUT2D eigenvalue weighted by molar-refractivity contribution is 7.10. The van der Waals surface area contributed by atoms with Crippen LogP contribution in [0.1, 0.15) is 29.1 Å². The van der Waals surface area contributed by atoms with Crippen LogP contribution < -0.4 is 0 Å². The molecule has 0 N–H and O–H groups in total. The zero-order valence-corrected chi connectivity index (χ0v) is 7.87. The van der Waals surface area contributed by atoms with Crippen molar-refractivity contribution in [1.29, 1.82) is 0 Å². The maximum atomic E-state index is 11.4. The molecule has 0 aliphatic rings. The fourth-order valence-corrected chi connectivity index (χ4v) is 1.66. The van der Waals surface area contributed by atoms with E-state index in [9.17, 15) is 4.79 Å². The van der Waals surface area contributed by atoms with Crippen LogP contribution in [0, 0.1) is 12.8 Å². The maximum absolute atomic E-state index is 11.4. The van der Waals surface area contributed by atoms with Crippen molar-refractivity contribution in [3.05, 3.63) is 21.9 Å². The zero-order chi connectivity index (χ0) is 8.43. The van der Waals surface area contributed by atoms with E-state index in [-0.39, 0.29) is 11.7 Å². The van der Waals surface area contributed by atoms with Crippen LogP contribution >= 0.6 is 11.3 Å². The Labute approximate surface area is 71.1 Å². The van der Waals surface area contributed by atoms with Gasteiger partial charge >= 0.3 is 0 Å². The first-order valence-electron chi connectivity index (χ1n) is 3.71. The molecule has 0 saturated carbocycles. The highest BCUT2D eigenvalue weighted by Gasteiger charge is 2.12. The van der Waals surface area contributed by atoms with E-state index >= 15 is 0 Å². The third kappa shape index (κ3) is 1.69. The number of hydrogen-bond acceptors (Lipinski definition) is 2. The molecule has 1 heterocycles. The fraction of sp³-hybridized carbons (Fsp3) is 0.444. The molecule has 0 bridgehead atoms. The molecular formula is C9H12OS. The summed E-state index contributed by atoms with van der Waals surface area (Å²) in [5.41, 5.74) is 0.894. The Morgan fingerprint density at radius 3 is 2.55 bits per heavy atom. The zero-order valence-electron chi connectivity index (χ0n) is 7.05. The third-order valence-electron chi connectivity index (χ3n) is 1.65. The van der Waals surface area contributed by atoms with E-state index < -0.39 is 0 Å². The van der Waals surface area contributed by atoms with Crippen molar-refractivity contribution < 1.29 is 4.79 Å². The molecule has 0 fully saturated rings. The Balaban J connectivity index is 2.93. The van der Waals surface area contributed by atoms with E-state index in [1.54, 1.807) is 11.3 Å². The van der Waals surface area contributed by atoms with Crippen molar-refractivity contribution in [2.45, 2.75) is 20.8 Å². The normalized spacial score (nSPS) is 10.5. The smallest absolute Gasteiger partial charge is 0.166 e. The summed E-state index contributed by atoms with van der Waals surface area (Å²) < 4.78 is 0. The number of Topliss-reactive ketones (excluding diaryl/α,β-unsaturated/α-hetero) is 1. The summed E-state index contributed by atoms with van der Waals surface area (Å²) in [6, 6.07) is 1.91. The van der Waals surface area contributed by atoms with E-state index in [2.05, 4.69) is 0 Å². The average Bonchev–Trinajstić information content (AvgIpc) is 2.33. The molecule has 1 aromatic rings. The Morgan fingerprint density at radius 1 is 1.55 bits per heavy atom. The average molecular weight is 168 g/mol. The van der Waals surface area contributed by atoms with Gasteiger partial charge in [-0.05, 0) is 18.4 Å². The topological polar surface area (TPSA) is 17.1 Å². The molecule has 60 valence electrons. The number of thiophene rings is 1. The second-order valence-electron chi connectivity index (χ2n) is 2.91. The minimum atomic E-state index is 0.114. The Hall–Kier alpha value is -0.630. The fourth-order valence-electron chi connectivity index (χ4n) is 0.952. The lowest BCUT2D eigenvalue weighted by Crippen LogP contribution is -2.06. The molecule has 0 amide bonds. The Bertz CT molecular complexity index is 260. The molecule has 0 unspecified atom stereocenters. The molecule has 0 aliphatic heterocycles. The van der Waals surface area contributed by atoms with Gasteiger partial charge in [0.25, 0.3) is 0 Å².